The van der Waals surface area contributed by atoms with Crippen LogP contribution in [0.2, 0.25) is 0 Å². The molecule has 1 aromatic carbocycles. The van der Waals surface area contributed by atoms with Crippen LogP contribution < -0.4 is 10.1 Å². The smallest absolute Gasteiger partial charge is 0.326 e. The van der Waals surface area contributed by atoms with Crippen LogP contribution in [-0.4, -0.2) is 44.8 Å². The molecule has 23 heavy (non-hydrogen) atoms. The molecule has 0 aliphatic heterocycles. The van der Waals surface area contributed by atoms with E-state index in [9.17, 15) is 23.1 Å². The predicted octanol–water partition coefficient (Wildman–Crippen LogP) is 1.33. The molecule has 0 heterocycles. The summed E-state index contributed by atoms with van der Waals surface area (Å²) in [5.41, 5.74) is -0.0227. The van der Waals surface area contributed by atoms with Gasteiger partial charge in [-0.15, -0.1) is 0 Å². The average molecular weight is 343 g/mol. The van der Waals surface area contributed by atoms with Crippen LogP contribution in [0.25, 0.3) is 0 Å². The summed E-state index contributed by atoms with van der Waals surface area (Å²) in [6.07, 6.45) is 1.28. The lowest BCUT2D eigenvalue weighted by Gasteiger charge is -2.17. The largest absolute Gasteiger partial charge is 0.496 e. The van der Waals surface area contributed by atoms with Gasteiger partial charge in [0.2, 0.25) is 0 Å². The monoisotopic (exact) mass is 343 g/mol. The second-order valence-electron chi connectivity index (χ2n) is 5.63. The minimum absolute atomic E-state index is 0.0227. The van der Waals surface area contributed by atoms with Crippen molar-refractivity contribution in [2.45, 2.75) is 31.2 Å². The summed E-state index contributed by atoms with van der Waals surface area (Å²) in [7, 11) is -2.16. The van der Waals surface area contributed by atoms with Gasteiger partial charge in [0.25, 0.3) is 5.91 Å². The summed E-state index contributed by atoms with van der Waals surface area (Å²) < 4.78 is 28.3. The number of rotatable bonds is 7. The van der Waals surface area contributed by atoms with Crippen molar-refractivity contribution in [3.8, 4) is 5.75 Å². The second kappa shape index (κ2) is 7.45. The Labute approximate surface area is 135 Å². The second-order valence-corrected chi connectivity index (χ2v) is 7.64. The Kier molecular flexibility index (Phi) is 6.14. The van der Waals surface area contributed by atoms with Crippen LogP contribution in [0.4, 0.5) is 0 Å². The van der Waals surface area contributed by atoms with E-state index in [1.807, 2.05) is 13.8 Å². The SMILES string of the molecule is COc1ccc(S(C)(=O)=O)cc1C(=O)N[C@H](CC(C)C)C(=O)O. The van der Waals surface area contributed by atoms with Crippen LogP contribution in [0.5, 0.6) is 5.75 Å². The number of benzene rings is 1. The topological polar surface area (TPSA) is 110 Å². The Bertz CT molecular complexity index is 696. The molecule has 0 radical (unpaired) electrons. The Balaban J connectivity index is 3.17. The Morgan fingerprint density at radius 3 is 2.35 bits per heavy atom. The first kappa shape index (κ1) is 19.0. The van der Waals surface area contributed by atoms with E-state index in [0.29, 0.717) is 0 Å². The van der Waals surface area contributed by atoms with E-state index in [-0.39, 0.29) is 28.5 Å². The number of methoxy groups -OCH3 is 1. The molecule has 0 unspecified atom stereocenters. The maximum absolute atomic E-state index is 12.4. The normalized spacial score (nSPS) is 12.7. The van der Waals surface area contributed by atoms with Crippen LogP contribution >= 0.6 is 0 Å². The highest BCUT2D eigenvalue weighted by Gasteiger charge is 2.24. The molecule has 0 aliphatic carbocycles. The highest BCUT2D eigenvalue weighted by molar-refractivity contribution is 7.90. The quantitative estimate of drug-likeness (QED) is 0.773. The number of ether oxygens (including phenoxy) is 1. The van der Waals surface area contributed by atoms with Crippen LogP contribution in [0, 0.1) is 5.92 Å². The predicted molar refractivity (Wildman–Crippen MR) is 84.4 cm³/mol. The minimum atomic E-state index is -3.50. The number of aliphatic carboxylic acids is 1. The van der Waals surface area contributed by atoms with Gasteiger partial charge in [-0.3, -0.25) is 4.79 Å². The van der Waals surface area contributed by atoms with Gasteiger partial charge in [0.05, 0.1) is 17.6 Å². The molecule has 0 spiro atoms. The lowest BCUT2D eigenvalue weighted by atomic mass is 10.0. The lowest BCUT2D eigenvalue weighted by molar-refractivity contribution is -0.139. The number of amides is 1. The van der Waals surface area contributed by atoms with Crippen molar-refractivity contribution in [2.24, 2.45) is 5.92 Å². The van der Waals surface area contributed by atoms with Crippen molar-refractivity contribution in [1.29, 1.82) is 0 Å². The molecule has 0 bridgehead atoms. The fraction of sp³-hybridized carbons (Fsp3) is 0.467. The minimum Gasteiger partial charge on any atom is -0.496 e. The summed E-state index contributed by atoms with van der Waals surface area (Å²) in [6, 6.07) is 2.81. The molecule has 1 aromatic rings. The van der Waals surface area contributed by atoms with Gasteiger partial charge in [-0.25, -0.2) is 13.2 Å². The standard InChI is InChI=1S/C15H21NO6S/c1-9(2)7-12(15(18)19)16-14(17)11-8-10(23(4,20)21)5-6-13(11)22-3/h5-6,8-9,12H,7H2,1-4H3,(H,16,17)(H,18,19)/t12-/m1/s1. The van der Waals surface area contributed by atoms with E-state index in [0.717, 1.165) is 6.26 Å². The number of carboxylic acid groups (broad SMARTS) is 1. The molecule has 1 atom stereocenters. The number of carbonyl (C=O) groups excluding carboxylic acids is 1. The lowest BCUT2D eigenvalue weighted by Crippen LogP contribution is -2.41. The molecule has 0 saturated carbocycles. The summed E-state index contributed by atoms with van der Waals surface area (Å²) in [6.45, 7) is 3.68. The third kappa shape index (κ3) is 5.24. The first-order chi connectivity index (χ1) is 10.6. The summed E-state index contributed by atoms with van der Waals surface area (Å²) in [5, 5.41) is 11.6. The highest BCUT2D eigenvalue weighted by Crippen LogP contribution is 2.23. The molecule has 128 valence electrons. The van der Waals surface area contributed by atoms with E-state index in [1.54, 1.807) is 0 Å². The molecule has 0 aliphatic rings. The van der Waals surface area contributed by atoms with Crippen LogP contribution in [0.1, 0.15) is 30.6 Å². The van der Waals surface area contributed by atoms with Gasteiger partial charge in [0, 0.05) is 6.26 Å². The number of carbonyl (C=O) groups is 2. The third-order valence-corrected chi connectivity index (χ3v) is 4.26. The zero-order valence-electron chi connectivity index (χ0n) is 13.5. The molecule has 0 aromatic heterocycles. The van der Waals surface area contributed by atoms with Crippen molar-refractivity contribution in [3.63, 3.8) is 0 Å². The number of sulfone groups is 1. The summed E-state index contributed by atoms with van der Waals surface area (Å²) >= 11 is 0. The maximum Gasteiger partial charge on any atom is 0.326 e. The average Bonchev–Trinajstić information content (AvgIpc) is 2.44. The van der Waals surface area contributed by atoms with Gasteiger partial charge in [0.1, 0.15) is 11.8 Å². The van der Waals surface area contributed by atoms with Crippen LogP contribution in [-0.2, 0) is 14.6 Å². The Hall–Kier alpha value is -2.09. The zero-order chi connectivity index (χ0) is 17.8. The molecule has 8 heteroatoms. The van der Waals surface area contributed by atoms with Gasteiger partial charge in [-0.05, 0) is 30.5 Å². The molecular formula is C15H21NO6S. The Morgan fingerprint density at radius 1 is 1.30 bits per heavy atom. The van der Waals surface area contributed by atoms with Crippen molar-refractivity contribution in [1.82, 2.24) is 5.32 Å². The molecule has 2 N–H and O–H groups in total. The van der Waals surface area contributed by atoms with Crippen molar-refractivity contribution >= 4 is 21.7 Å². The molecule has 0 fully saturated rings. The summed E-state index contributed by atoms with van der Waals surface area (Å²) in [5.74, 6) is -1.60. The van der Waals surface area contributed by atoms with E-state index in [2.05, 4.69) is 5.32 Å². The number of carboxylic acids is 1. The van der Waals surface area contributed by atoms with Gasteiger partial charge >= 0.3 is 5.97 Å². The van der Waals surface area contributed by atoms with Crippen molar-refractivity contribution in [2.75, 3.05) is 13.4 Å². The van der Waals surface area contributed by atoms with E-state index >= 15 is 0 Å². The maximum atomic E-state index is 12.4. The fourth-order valence-electron chi connectivity index (χ4n) is 2.02. The number of hydrogen-bond acceptors (Lipinski definition) is 5. The van der Waals surface area contributed by atoms with E-state index < -0.39 is 27.8 Å². The van der Waals surface area contributed by atoms with Gasteiger partial charge in [-0.2, -0.15) is 0 Å². The number of hydrogen-bond donors (Lipinski definition) is 2. The van der Waals surface area contributed by atoms with Gasteiger partial charge < -0.3 is 15.2 Å². The summed E-state index contributed by atoms with van der Waals surface area (Å²) in [4.78, 5) is 23.5. The zero-order valence-corrected chi connectivity index (χ0v) is 14.3. The first-order valence-corrected chi connectivity index (χ1v) is 8.87. The van der Waals surface area contributed by atoms with E-state index in [4.69, 9.17) is 4.74 Å². The first-order valence-electron chi connectivity index (χ1n) is 6.98. The van der Waals surface area contributed by atoms with Gasteiger partial charge in [-0.1, -0.05) is 13.8 Å². The molecule has 0 saturated heterocycles. The number of nitrogens with one attached hydrogen (secondary N) is 1. The Morgan fingerprint density at radius 2 is 1.91 bits per heavy atom. The molecule has 1 rings (SSSR count). The van der Waals surface area contributed by atoms with Crippen molar-refractivity contribution < 1.29 is 27.9 Å². The van der Waals surface area contributed by atoms with Crippen molar-refractivity contribution in [3.05, 3.63) is 23.8 Å². The highest BCUT2D eigenvalue weighted by atomic mass is 32.2. The van der Waals surface area contributed by atoms with Crippen LogP contribution in [0.3, 0.4) is 0 Å². The molecule has 1 amide bonds. The van der Waals surface area contributed by atoms with Crippen LogP contribution in [0.15, 0.2) is 23.1 Å². The third-order valence-electron chi connectivity index (χ3n) is 3.15. The van der Waals surface area contributed by atoms with E-state index in [1.165, 1.54) is 25.3 Å². The molecular weight excluding hydrogens is 322 g/mol. The van der Waals surface area contributed by atoms with Gasteiger partial charge in [0.15, 0.2) is 9.84 Å². The fourth-order valence-corrected chi connectivity index (χ4v) is 2.67. The molecule has 7 nitrogen and oxygen atoms in total.